The molecule has 0 aliphatic carbocycles. The van der Waals surface area contributed by atoms with E-state index in [-0.39, 0.29) is 0 Å². The second-order valence-corrected chi connectivity index (χ2v) is 4.45. The van der Waals surface area contributed by atoms with Crippen LogP contribution in [0.25, 0.3) is 11.1 Å². The van der Waals surface area contributed by atoms with E-state index >= 15 is 0 Å². The van der Waals surface area contributed by atoms with Crippen LogP contribution in [-0.2, 0) is 5.60 Å². The van der Waals surface area contributed by atoms with E-state index in [9.17, 15) is 5.11 Å². The van der Waals surface area contributed by atoms with E-state index in [1.54, 1.807) is 13.8 Å². The molecule has 16 heavy (non-hydrogen) atoms. The Balaban J connectivity index is 2.34. The summed E-state index contributed by atoms with van der Waals surface area (Å²) in [5, 5.41) is 11.8. The Bertz CT molecular complexity index is 449. The highest BCUT2D eigenvalue weighted by atomic mass is 16.3. The summed E-state index contributed by atoms with van der Waals surface area (Å²) in [5.41, 5.74) is 2.13. The van der Waals surface area contributed by atoms with Crippen LogP contribution in [0.15, 0.2) is 54.6 Å². The molecule has 1 nitrogen and oxygen atoms in total. The standard InChI is InChI=1S/C15H15O/c1-15(2,16)14-10-8-13(9-11-14)12-6-4-3-5-7-12/h3-11H,1-2H3/q-1. The number of rotatable bonds is 2. The van der Waals surface area contributed by atoms with Crippen LogP contribution < -0.4 is 5.11 Å². The minimum absolute atomic E-state index is 0.826. The molecule has 82 valence electrons. The molecule has 2 rings (SSSR count). The first-order valence-electron chi connectivity index (χ1n) is 5.44. The maximum atomic E-state index is 11.8. The molecular weight excluding hydrogens is 196 g/mol. The summed E-state index contributed by atoms with van der Waals surface area (Å²) in [6, 6.07) is 18.0. The van der Waals surface area contributed by atoms with Crippen molar-refractivity contribution in [2.45, 2.75) is 19.4 Å². The van der Waals surface area contributed by atoms with E-state index in [4.69, 9.17) is 0 Å². The summed E-state index contributed by atoms with van der Waals surface area (Å²) in [5.74, 6) is 0. The van der Waals surface area contributed by atoms with Gasteiger partial charge in [-0.2, -0.15) is 0 Å². The molecule has 0 amide bonds. The fourth-order valence-corrected chi connectivity index (χ4v) is 1.69. The molecule has 0 aromatic heterocycles. The van der Waals surface area contributed by atoms with Crippen molar-refractivity contribution in [2.75, 3.05) is 0 Å². The summed E-state index contributed by atoms with van der Waals surface area (Å²) in [4.78, 5) is 0. The maximum absolute atomic E-state index is 11.8. The fraction of sp³-hybridized carbons (Fsp3) is 0.200. The van der Waals surface area contributed by atoms with Crippen LogP contribution >= 0.6 is 0 Å². The molecule has 0 atom stereocenters. The molecule has 1 heteroatoms. The van der Waals surface area contributed by atoms with Crippen molar-refractivity contribution >= 4 is 0 Å². The van der Waals surface area contributed by atoms with Gasteiger partial charge in [0.05, 0.1) is 0 Å². The molecule has 0 spiro atoms. The molecule has 0 saturated heterocycles. The first kappa shape index (κ1) is 10.9. The number of hydrogen-bond acceptors (Lipinski definition) is 1. The van der Waals surface area contributed by atoms with Crippen LogP contribution in [-0.4, -0.2) is 0 Å². The van der Waals surface area contributed by atoms with Gasteiger partial charge in [0.1, 0.15) is 0 Å². The molecule has 0 bridgehead atoms. The monoisotopic (exact) mass is 211 g/mol. The lowest BCUT2D eigenvalue weighted by Gasteiger charge is -2.32. The quantitative estimate of drug-likeness (QED) is 0.749. The average Bonchev–Trinajstić information content (AvgIpc) is 2.29. The Morgan fingerprint density at radius 1 is 0.750 bits per heavy atom. The normalized spacial score (nSPS) is 11.4. The lowest BCUT2D eigenvalue weighted by Crippen LogP contribution is -2.33. The number of hydrogen-bond donors (Lipinski definition) is 0. The highest BCUT2D eigenvalue weighted by Crippen LogP contribution is 2.22. The van der Waals surface area contributed by atoms with Crippen LogP contribution in [0, 0.1) is 0 Å². The Morgan fingerprint density at radius 3 is 1.75 bits per heavy atom. The third-order valence-electron chi connectivity index (χ3n) is 2.69. The zero-order valence-corrected chi connectivity index (χ0v) is 9.60. The molecule has 0 aliphatic heterocycles. The SMILES string of the molecule is CC(C)([O-])c1ccc(-c2ccccc2)cc1. The van der Waals surface area contributed by atoms with Crippen LogP contribution in [0.3, 0.4) is 0 Å². The van der Waals surface area contributed by atoms with E-state index in [1.807, 2.05) is 42.5 Å². The van der Waals surface area contributed by atoms with E-state index in [0.29, 0.717) is 0 Å². The van der Waals surface area contributed by atoms with Crippen LogP contribution in [0.5, 0.6) is 0 Å². The van der Waals surface area contributed by atoms with Gasteiger partial charge >= 0.3 is 0 Å². The lowest BCUT2D eigenvalue weighted by molar-refractivity contribution is -0.475. The van der Waals surface area contributed by atoms with Crippen molar-refractivity contribution in [3.63, 3.8) is 0 Å². The zero-order chi connectivity index (χ0) is 11.6. The van der Waals surface area contributed by atoms with Crippen LogP contribution in [0.4, 0.5) is 0 Å². The highest BCUT2D eigenvalue weighted by molar-refractivity contribution is 5.63. The molecule has 0 fully saturated rings. The second kappa shape index (κ2) is 4.11. The van der Waals surface area contributed by atoms with Crippen molar-refractivity contribution in [3.05, 3.63) is 60.2 Å². The third kappa shape index (κ3) is 2.31. The predicted octanol–water partition coefficient (Wildman–Crippen LogP) is 2.95. The van der Waals surface area contributed by atoms with Gasteiger partial charge in [-0.25, -0.2) is 0 Å². The van der Waals surface area contributed by atoms with Crippen LogP contribution in [0.1, 0.15) is 19.4 Å². The largest absolute Gasteiger partial charge is 0.846 e. The van der Waals surface area contributed by atoms with Crippen molar-refractivity contribution in [1.29, 1.82) is 0 Å². The van der Waals surface area contributed by atoms with Gasteiger partial charge in [0.15, 0.2) is 0 Å². The highest BCUT2D eigenvalue weighted by Gasteiger charge is 2.05. The molecule has 0 aliphatic rings. The Labute approximate surface area is 96.4 Å². The van der Waals surface area contributed by atoms with Crippen molar-refractivity contribution in [2.24, 2.45) is 0 Å². The van der Waals surface area contributed by atoms with Crippen molar-refractivity contribution in [1.82, 2.24) is 0 Å². The first-order valence-corrected chi connectivity index (χ1v) is 5.44. The van der Waals surface area contributed by atoms with Gasteiger partial charge in [-0.3, -0.25) is 0 Å². The minimum atomic E-state index is -1.02. The van der Waals surface area contributed by atoms with Gasteiger partial charge in [0, 0.05) is 0 Å². The summed E-state index contributed by atoms with van der Waals surface area (Å²) >= 11 is 0. The Kier molecular flexibility index (Phi) is 2.80. The van der Waals surface area contributed by atoms with Gasteiger partial charge in [-0.05, 0) is 11.1 Å². The molecule has 2 aromatic carbocycles. The Morgan fingerprint density at radius 2 is 1.25 bits per heavy atom. The average molecular weight is 211 g/mol. The number of benzene rings is 2. The van der Waals surface area contributed by atoms with Gasteiger partial charge in [0.25, 0.3) is 0 Å². The lowest BCUT2D eigenvalue weighted by atomic mass is 9.96. The van der Waals surface area contributed by atoms with Gasteiger partial charge in [-0.1, -0.05) is 79.6 Å². The molecular formula is C15H15O-. The van der Waals surface area contributed by atoms with Gasteiger partial charge in [-0.15, -0.1) is 0 Å². The first-order chi connectivity index (χ1) is 7.57. The molecule has 0 radical (unpaired) electrons. The van der Waals surface area contributed by atoms with Crippen molar-refractivity contribution < 1.29 is 5.11 Å². The summed E-state index contributed by atoms with van der Waals surface area (Å²) in [6.45, 7) is 3.37. The molecule has 0 N–H and O–H groups in total. The Hall–Kier alpha value is -1.60. The van der Waals surface area contributed by atoms with E-state index in [0.717, 1.165) is 11.1 Å². The molecule has 0 heterocycles. The minimum Gasteiger partial charge on any atom is -0.846 e. The van der Waals surface area contributed by atoms with E-state index in [1.165, 1.54) is 5.56 Å². The molecule has 0 unspecified atom stereocenters. The summed E-state index contributed by atoms with van der Waals surface area (Å²) < 4.78 is 0. The van der Waals surface area contributed by atoms with Gasteiger partial charge in [0.2, 0.25) is 0 Å². The van der Waals surface area contributed by atoms with Gasteiger partial charge < -0.3 is 5.11 Å². The predicted molar refractivity (Wildman–Crippen MR) is 64.9 cm³/mol. The van der Waals surface area contributed by atoms with Crippen LogP contribution in [0.2, 0.25) is 0 Å². The van der Waals surface area contributed by atoms with E-state index in [2.05, 4.69) is 12.1 Å². The second-order valence-electron chi connectivity index (χ2n) is 4.45. The smallest absolute Gasteiger partial charge is 0.0184 e. The fourth-order valence-electron chi connectivity index (χ4n) is 1.69. The zero-order valence-electron chi connectivity index (χ0n) is 9.60. The molecule has 0 saturated carbocycles. The van der Waals surface area contributed by atoms with E-state index < -0.39 is 5.60 Å². The molecule has 2 aromatic rings. The third-order valence-corrected chi connectivity index (χ3v) is 2.69. The summed E-state index contributed by atoms with van der Waals surface area (Å²) in [6.07, 6.45) is 0. The summed E-state index contributed by atoms with van der Waals surface area (Å²) in [7, 11) is 0. The van der Waals surface area contributed by atoms with Crippen molar-refractivity contribution in [3.8, 4) is 11.1 Å². The topological polar surface area (TPSA) is 23.1 Å². The maximum Gasteiger partial charge on any atom is -0.0184 e.